The number of benzene rings is 1. The standard InChI is InChI=1S/C12H12BrClO3/c13-10-3-1-9(2-4-10)12(17-11(14)15)5-7-16-8-6-12/h1-4H,5-8H2. The Hall–Kier alpha value is -0.580. The van der Waals surface area contributed by atoms with Crippen molar-refractivity contribution in [3.63, 3.8) is 0 Å². The van der Waals surface area contributed by atoms with E-state index in [9.17, 15) is 4.79 Å². The quantitative estimate of drug-likeness (QED) is 0.777. The second-order valence-corrected chi connectivity index (χ2v) is 5.18. The molecule has 1 saturated heterocycles. The molecule has 1 heterocycles. The lowest BCUT2D eigenvalue weighted by Gasteiger charge is -2.36. The predicted octanol–water partition coefficient (Wildman–Crippen LogP) is 3.83. The molecule has 0 amide bonds. The van der Waals surface area contributed by atoms with Crippen LogP contribution in [0.15, 0.2) is 28.7 Å². The lowest BCUT2D eigenvalue weighted by Crippen LogP contribution is -2.37. The predicted molar refractivity (Wildman–Crippen MR) is 68.2 cm³/mol. The van der Waals surface area contributed by atoms with Crippen molar-refractivity contribution in [2.75, 3.05) is 13.2 Å². The lowest BCUT2D eigenvalue weighted by atomic mass is 9.86. The van der Waals surface area contributed by atoms with E-state index in [0.29, 0.717) is 26.1 Å². The van der Waals surface area contributed by atoms with Crippen LogP contribution in [-0.4, -0.2) is 18.6 Å². The maximum atomic E-state index is 11.1. The summed E-state index contributed by atoms with van der Waals surface area (Å²) < 4.78 is 11.6. The van der Waals surface area contributed by atoms with Crippen LogP contribution in [0.25, 0.3) is 0 Å². The molecular formula is C12H12BrClO3. The first-order valence-electron chi connectivity index (χ1n) is 5.35. The zero-order chi connectivity index (χ0) is 12.3. The molecule has 0 aliphatic carbocycles. The van der Waals surface area contributed by atoms with Gasteiger partial charge in [0.05, 0.1) is 13.2 Å². The first kappa shape index (κ1) is 12.9. The van der Waals surface area contributed by atoms with Crippen LogP contribution in [0.1, 0.15) is 18.4 Å². The van der Waals surface area contributed by atoms with E-state index in [0.717, 1.165) is 10.0 Å². The molecule has 1 aliphatic rings. The molecule has 0 N–H and O–H groups in total. The maximum absolute atomic E-state index is 11.1. The highest BCUT2D eigenvalue weighted by molar-refractivity contribution is 9.10. The highest BCUT2D eigenvalue weighted by Gasteiger charge is 2.38. The van der Waals surface area contributed by atoms with E-state index in [-0.39, 0.29) is 0 Å². The molecule has 1 aromatic carbocycles. The fourth-order valence-electron chi connectivity index (χ4n) is 2.06. The van der Waals surface area contributed by atoms with E-state index in [4.69, 9.17) is 21.1 Å². The van der Waals surface area contributed by atoms with Crippen molar-refractivity contribution in [3.8, 4) is 0 Å². The number of carbonyl (C=O) groups is 1. The summed E-state index contributed by atoms with van der Waals surface area (Å²) in [6, 6.07) is 7.73. The molecule has 0 aromatic heterocycles. The van der Waals surface area contributed by atoms with E-state index in [1.165, 1.54) is 0 Å². The minimum Gasteiger partial charge on any atom is -0.442 e. The molecule has 1 aromatic rings. The topological polar surface area (TPSA) is 35.5 Å². The van der Waals surface area contributed by atoms with Crippen LogP contribution in [-0.2, 0) is 15.1 Å². The van der Waals surface area contributed by atoms with Crippen molar-refractivity contribution < 1.29 is 14.3 Å². The van der Waals surface area contributed by atoms with Gasteiger partial charge in [-0.05, 0) is 17.7 Å². The third-order valence-electron chi connectivity index (χ3n) is 2.95. The summed E-state index contributed by atoms with van der Waals surface area (Å²) in [5, 5.41) is 0. The number of carbonyl (C=O) groups excluding carboxylic acids is 1. The molecule has 0 unspecified atom stereocenters. The van der Waals surface area contributed by atoms with Gasteiger partial charge in [-0.2, -0.15) is 0 Å². The Kier molecular flexibility index (Phi) is 4.07. The fourth-order valence-corrected chi connectivity index (χ4v) is 2.47. The van der Waals surface area contributed by atoms with Gasteiger partial charge < -0.3 is 9.47 Å². The summed E-state index contributed by atoms with van der Waals surface area (Å²) in [5.41, 5.74) is -0.453. The number of halogens is 2. The summed E-state index contributed by atoms with van der Waals surface area (Å²) in [5.74, 6) is 0. The number of hydrogen-bond donors (Lipinski definition) is 0. The van der Waals surface area contributed by atoms with Crippen LogP contribution >= 0.6 is 27.5 Å². The molecule has 92 valence electrons. The molecule has 17 heavy (non-hydrogen) atoms. The van der Waals surface area contributed by atoms with E-state index in [1.807, 2.05) is 24.3 Å². The average Bonchev–Trinajstić information content (AvgIpc) is 2.30. The van der Waals surface area contributed by atoms with Crippen LogP contribution in [0.2, 0.25) is 0 Å². The largest absolute Gasteiger partial charge is 0.442 e. The molecule has 0 saturated carbocycles. The zero-order valence-corrected chi connectivity index (χ0v) is 11.5. The van der Waals surface area contributed by atoms with Gasteiger partial charge in [0.25, 0.3) is 0 Å². The molecule has 5 heteroatoms. The second-order valence-electron chi connectivity index (χ2n) is 3.95. The van der Waals surface area contributed by atoms with Crippen molar-refractivity contribution in [2.24, 2.45) is 0 Å². The molecule has 0 bridgehead atoms. The Bertz CT molecular complexity index is 399. The van der Waals surface area contributed by atoms with Crippen LogP contribution in [0.4, 0.5) is 4.79 Å². The third-order valence-corrected chi connectivity index (χ3v) is 3.55. The van der Waals surface area contributed by atoms with Crippen LogP contribution in [0, 0.1) is 0 Å². The SMILES string of the molecule is O=C(Cl)OC1(c2ccc(Br)cc2)CCOCC1. The van der Waals surface area contributed by atoms with Gasteiger partial charge in [0, 0.05) is 28.9 Å². The molecule has 3 nitrogen and oxygen atoms in total. The van der Waals surface area contributed by atoms with Gasteiger partial charge in [-0.15, -0.1) is 0 Å². The molecular weight excluding hydrogens is 307 g/mol. The molecule has 1 fully saturated rings. The van der Waals surface area contributed by atoms with Gasteiger partial charge in [0.2, 0.25) is 0 Å². The fraction of sp³-hybridized carbons (Fsp3) is 0.417. The molecule has 1 aliphatic heterocycles. The van der Waals surface area contributed by atoms with E-state index >= 15 is 0 Å². The van der Waals surface area contributed by atoms with Gasteiger partial charge in [0.1, 0.15) is 5.60 Å². The van der Waals surface area contributed by atoms with Gasteiger partial charge in [-0.1, -0.05) is 28.1 Å². The Morgan fingerprint density at radius 3 is 2.41 bits per heavy atom. The van der Waals surface area contributed by atoms with E-state index in [1.54, 1.807) is 0 Å². The summed E-state index contributed by atoms with van der Waals surface area (Å²) in [6.45, 7) is 1.14. The van der Waals surface area contributed by atoms with Gasteiger partial charge in [-0.3, -0.25) is 0 Å². The monoisotopic (exact) mass is 318 g/mol. The first-order chi connectivity index (χ1) is 8.12. The number of hydrogen-bond acceptors (Lipinski definition) is 3. The smallest absolute Gasteiger partial charge is 0.404 e. The average molecular weight is 320 g/mol. The van der Waals surface area contributed by atoms with Crippen molar-refractivity contribution in [3.05, 3.63) is 34.3 Å². The highest BCUT2D eigenvalue weighted by atomic mass is 79.9. The van der Waals surface area contributed by atoms with Crippen molar-refractivity contribution in [1.29, 1.82) is 0 Å². The Morgan fingerprint density at radius 2 is 1.88 bits per heavy atom. The van der Waals surface area contributed by atoms with Crippen molar-refractivity contribution in [1.82, 2.24) is 0 Å². The molecule has 0 atom stereocenters. The molecule has 0 radical (unpaired) electrons. The minimum atomic E-state index is -0.769. The Morgan fingerprint density at radius 1 is 1.29 bits per heavy atom. The van der Waals surface area contributed by atoms with Gasteiger partial charge in [-0.25, -0.2) is 4.79 Å². The van der Waals surface area contributed by atoms with Crippen LogP contribution < -0.4 is 0 Å². The highest BCUT2D eigenvalue weighted by Crippen LogP contribution is 2.37. The van der Waals surface area contributed by atoms with Crippen LogP contribution in [0.5, 0.6) is 0 Å². The lowest BCUT2D eigenvalue weighted by molar-refractivity contribution is -0.0679. The molecule has 2 rings (SSSR count). The van der Waals surface area contributed by atoms with Gasteiger partial charge >= 0.3 is 5.43 Å². The zero-order valence-electron chi connectivity index (χ0n) is 9.12. The number of rotatable bonds is 2. The second kappa shape index (κ2) is 5.38. The summed E-state index contributed by atoms with van der Waals surface area (Å²) >= 11 is 8.75. The Labute approximate surface area is 113 Å². The maximum Gasteiger partial charge on any atom is 0.404 e. The van der Waals surface area contributed by atoms with Crippen molar-refractivity contribution >= 4 is 33.0 Å². The first-order valence-corrected chi connectivity index (χ1v) is 6.52. The summed E-state index contributed by atoms with van der Waals surface area (Å²) in [4.78, 5) is 11.1. The minimum absolute atomic E-state index is 0.570. The third kappa shape index (κ3) is 3.00. The van der Waals surface area contributed by atoms with Crippen molar-refractivity contribution in [2.45, 2.75) is 18.4 Å². The van der Waals surface area contributed by atoms with Crippen LogP contribution in [0.3, 0.4) is 0 Å². The summed E-state index contributed by atoms with van der Waals surface area (Å²) in [6.07, 6.45) is 1.26. The van der Waals surface area contributed by atoms with E-state index < -0.39 is 11.0 Å². The summed E-state index contributed by atoms with van der Waals surface area (Å²) in [7, 11) is 0. The molecule has 0 spiro atoms. The van der Waals surface area contributed by atoms with Gasteiger partial charge in [0.15, 0.2) is 0 Å². The van der Waals surface area contributed by atoms with E-state index in [2.05, 4.69) is 15.9 Å². The number of ether oxygens (including phenoxy) is 2. The Balaban J connectivity index is 2.31. The normalized spacial score (nSPS) is 18.7.